The number of likely N-dealkylation sites (N-methyl/N-ethyl adjacent to an activating group) is 2. The molecule has 0 fully saturated rings. The number of primary amides is 1. The number of methoxy groups -OCH3 is 1. The smallest absolute Gasteiger partial charge is 0.239 e. The van der Waals surface area contributed by atoms with Crippen molar-refractivity contribution < 1.29 is 23.0 Å². The number of carbonyl (C=O) groups excluding carboxylic acids is 1. The highest BCUT2D eigenvalue weighted by atomic mass is 19.2. The number of hydrogen-bond donors (Lipinski definition) is 2. The molecule has 0 radical (unpaired) electrons. The number of nitrogens with one attached hydrogen (secondary N) is 1. The van der Waals surface area contributed by atoms with Crippen molar-refractivity contribution in [3.63, 3.8) is 0 Å². The summed E-state index contributed by atoms with van der Waals surface area (Å²) in [7, 11) is 5.67. The highest BCUT2D eigenvalue weighted by molar-refractivity contribution is 5.78. The van der Waals surface area contributed by atoms with Crippen molar-refractivity contribution in [3.05, 3.63) is 64.9 Å². The van der Waals surface area contributed by atoms with Crippen LogP contribution in [0.4, 0.5) is 20.2 Å². The van der Waals surface area contributed by atoms with Gasteiger partial charge in [0.25, 0.3) is 0 Å². The van der Waals surface area contributed by atoms with E-state index in [9.17, 15) is 13.6 Å². The second-order valence-corrected chi connectivity index (χ2v) is 10.1. The molecule has 3 N–H and O–H groups in total. The third kappa shape index (κ3) is 7.53. The van der Waals surface area contributed by atoms with Crippen LogP contribution in [0, 0.1) is 11.6 Å². The minimum absolute atomic E-state index is 0.00506. The lowest BCUT2D eigenvalue weighted by Crippen LogP contribution is -2.43. The summed E-state index contributed by atoms with van der Waals surface area (Å²) in [5.74, 6) is -1.09. The van der Waals surface area contributed by atoms with Crippen molar-refractivity contribution in [2.45, 2.75) is 19.9 Å². The van der Waals surface area contributed by atoms with Gasteiger partial charge in [-0.3, -0.25) is 14.5 Å². The average molecular weight is 585 g/mol. The van der Waals surface area contributed by atoms with E-state index < -0.39 is 17.5 Å². The summed E-state index contributed by atoms with van der Waals surface area (Å²) in [5.41, 5.74) is 5.81. The molecule has 2 aromatic carbocycles. The Morgan fingerprint density at radius 2 is 1.98 bits per heavy atom. The van der Waals surface area contributed by atoms with Crippen molar-refractivity contribution in [1.29, 1.82) is 0 Å². The first kappa shape index (κ1) is 30.7. The molecular formula is C29H38F2N8O3. The third-order valence-corrected chi connectivity index (χ3v) is 6.81. The predicted octanol–water partition coefficient (Wildman–Crippen LogP) is 1.58. The van der Waals surface area contributed by atoms with Gasteiger partial charge in [-0.25, -0.2) is 8.78 Å². The molecule has 0 unspecified atom stereocenters. The zero-order valence-corrected chi connectivity index (χ0v) is 24.4. The normalized spacial score (nSPS) is 12.9. The van der Waals surface area contributed by atoms with Gasteiger partial charge in [-0.1, -0.05) is 13.0 Å². The minimum atomic E-state index is -1.00. The summed E-state index contributed by atoms with van der Waals surface area (Å²) in [6, 6.07) is 7.51. The van der Waals surface area contributed by atoms with Gasteiger partial charge < -0.3 is 35.2 Å². The van der Waals surface area contributed by atoms with Crippen LogP contribution in [-0.4, -0.2) is 86.1 Å². The van der Waals surface area contributed by atoms with E-state index in [4.69, 9.17) is 15.2 Å². The first-order valence-corrected chi connectivity index (χ1v) is 13.8. The second kappa shape index (κ2) is 14.1. The zero-order valence-electron chi connectivity index (χ0n) is 24.4. The lowest BCUT2D eigenvalue weighted by molar-refractivity contribution is -0.118. The number of aromatic nitrogens is 2. The van der Waals surface area contributed by atoms with Crippen LogP contribution in [0.15, 0.2) is 47.7 Å². The molecule has 0 spiro atoms. The maximum Gasteiger partial charge on any atom is 0.239 e. The molecule has 0 atom stereocenters. The lowest BCUT2D eigenvalue weighted by atomic mass is 10.2. The standard InChI is InChI=1S/C29H38F2N8O3/c1-5-37(12-11-36(2)3)10-7-13-42-26-15-23-21(14-25(26)41-4)29(35-20-16-34-38(17-20)18-27(32)40)39(19-33-23)24-9-6-8-22(30)28(24)31/h6,8-9,14-17,35H,5,7,10-13,18-19H2,1-4H3,(H2,32,40). The Morgan fingerprint density at radius 3 is 2.69 bits per heavy atom. The number of anilines is 2. The van der Waals surface area contributed by atoms with E-state index in [0.717, 1.165) is 38.7 Å². The van der Waals surface area contributed by atoms with Crippen molar-refractivity contribution in [3.8, 4) is 11.5 Å². The Bertz CT molecular complexity index is 1510. The van der Waals surface area contributed by atoms with E-state index in [1.54, 1.807) is 25.4 Å². The van der Waals surface area contributed by atoms with Gasteiger partial charge in [-0.2, -0.15) is 5.10 Å². The van der Waals surface area contributed by atoms with Gasteiger partial charge >= 0.3 is 0 Å². The van der Waals surface area contributed by atoms with E-state index in [1.165, 1.54) is 27.9 Å². The van der Waals surface area contributed by atoms with E-state index >= 15 is 0 Å². The summed E-state index contributed by atoms with van der Waals surface area (Å²) >= 11 is 0. The molecule has 1 aromatic heterocycles. The molecule has 1 aliphatic rings. The molecule has 1 aliphatic heterocycles. The van der Waals surface area contributed by atoms with Gasteiger partial charge in [0.2, 0.25) is 5.91 Å². The van der Waals surface area contributed by atoms with Crippen LogP contribution in [0.2, 0.25) is 0 Å². The van der Waals surface area contributed by atoms with Crippen LogP contribution in [0.3, 0.4) is 0 Å². The van der Waals surface area contributed by atoms with Crippen LogP contribution < -0.4 is 36.0 Å². The van der Waals surface area contributed by atoms with E-state index in [0.29, 0.717) is 40.2 Å². The highest BCUT2D eigenvalue weighted by Gasteiger charge is 2.23. The second-order valence-electron chi connectivity index (χ2n) is 10.1. The van der Waals surface area contributed by atoms with Crippen LogP contribution in [0.25, 0.3) is 5.82 Å². The number of benzene rings is 2. The molecule has 0 aliphatic carbocycles. The topological polar surface area (TPSA) is 113 Å². The maximum absolute atomic E-state index is 15.0. The van der Waals surface area contributed by atoms with Gasteiger partial charge in [0, 0.05) is 37.1 Å². The molecule has 226 valence electrons. The molecule has 11 nitrogen and oxygen atoms in total. The van der Waals surface area contributed by atoms with Gasteiger partial charge in [-0.05, 0) is 45.3 Å². The zero-order chi connectivity index (χ0) is 30.2. The number of amides is 1. The summed E-state index contributed by atoms with van der Waals surface area (Å²) in [4.78, 5) is 22.1. The Balaban J connectivity index is 1.65. The molecule has 3 aromatic rings. The van der Waals surface area contributed by atoms with E-state index in [-0.39, 0.29) is 18.9 Å². The number of carbonyl (C=O) groups is 1. The summed E-state index contributed by atoms with van der Waals surface area (Å²) in [5, 5.41) is 8.56. The third-order valence-electron chi connectivity index (χ3n) is 6.81. The van der Waals surface area contributed by atoms with E-state index in [2.05, 4.69) is 46.2 Å². The molecule has 4 rings (SSSR count). The Morgan fingerprint density at radius 1 is 1.17 bits per heavy atom. The van der Waals surface area contributed by atoms with Gasteiger partial charge in [0.05, 0.1) is 36.6 Å². The van der Waals surface area contributed by atoms with E-state index in [1.807, 2.05) is 0 Å². The fraction of sp³-hybridized carbons (Fsp3) is 0.414. The van der Waals surface area contributed by atoms with Crippen LogP contribution in [0.1, 0.15) is 13.3 Å². The lowest BCUT2D eigenvalue weighted by Gasteiger charge is -2.29. The molecule has 0 saturated carbocycles. The molecule has 13 heteroatoms. The van der Waals surface area contributed by atoms with Crippen LogP contribution >= 0.6 is 0 Å². The summed E-state index contributed by atoms with van der Waals surface area (Å²) < 4.78 is 42.3. The van der Waals surface area contributed by atoms with Gasteiger partial charge in [0.15, 0.2) is 23.1 Å². The molecule has 0 bridgehead atoms. The number of nitrogens with zero attached hydrogens (tertiary/aromatic N) is 6. The van der Waals surface area contributed by atoms with Gasteiger partial charge in [0.1, 0.15) is 19.0 Å². The number of fused-ring (bicyclic) bond motifs is 1. The minimum Gasteiger partial charge on any atom is -0.493 e. The Labute approximate surface area is 243 Å². The molecule has 42 heavy (non-hydrogen) atoms. The predicted molar refractivity (Wildman–Crippen MR) is 157 cm³/mol. The molecular weight excluding hydrogens is 546 g/mol. The number of hydrogen-bond acceptors (Lipinski definition) is 9. The van der Waals surface area contributed by atoms with Crippen molar-refractivity contribution >= 4 is 23.1 Å². The van der Waals surface area contributed by atoms with Crippen molar-refractivity contribution in [1.82, 2.24) is 19.6 Å². The largest absolute Gasteiger partial charge is 0.493 e. The number of nitrogens with two attached hydrogens (primary N) is 1. The maximum atomic E-state index is 15.0. The molecule has 0 saturated heterocycles. The number of halogens is 2. The SMILES string of the molecule is CCN(CCCOc1cc2c(cc1OC)=C(Nc1cnn(CC(N)=O)c1)N(c1cccc(F)c1F)CN=2)CCN(C)C. The quantitative estimate of drug-likeness (QED) is 0.259. The first-order valence-electron chi connectivity index (χ1n) is 13.8. The number of ether oxygens (including phenoxy) is 2. The molecule has 2 heterocycles. The fourth-order valence-corrected chi connectivity index (χ4v) is 4.59. The first-order chi connectivity index (χ1) is 20.2. The monoisotopic (exact) mass is 584 g/mol. The van der Waals surface area contributed by atoms with Crippen LogP contribution in [-0.2, 0) is 11.3 Å². The van der Waals surface area contributed by atoms with Crippen molar-refractivity contribution in [2.24, 2.45) is 10.7 Å². The summed E-state index contributed by atoms with van der Waals surface area (Å²) in [6.07, 6.45) is 3.93. The number of rotatable bonds is 15. The Hall–Kier alpha value is -4.23. The highest BCUT2D eigenvalue weighted by Crippen LogP contribution is 2.28. The Kier molecular flexibility index (Phi) is 10.3. The van der Waals surface area contributed by atoms with Crippen molar-refractivity contribution in [2.75, 3.05) is 70.9 Å². The van der Waals surface area contributed by atoms with Crippen LogP contribution in [0.5, 0.6) is 11.5 Å². The van der Waals surface area contributed by atoms with Gasteiger partial charge in [-0.15, -0.1) is 0 Å². The summed E-state index contributed by atoms with van der Waals surface area (Å²) in [6.45, 7) is 6.38. The average Bonchev–Trinajstić information content (AvgIpc) is 3.39. The molecule has 1 amide bonds. The fourth-order valence-electron chi connectivity index (χ4n) is 4.59.